The lowest BCUT2D eigenvalue weighted by Gasteiger charge is -2.06. The second-order valence-electron chi connectivity index (χ2n) is 6.56. The van der Waals surface area contributed by atoms with Crippen molar-refractivity contribution >= 4 is 34.6 Å². The minimum absolute atomic E-state index is 0.104. The molecule has 1 amide bonds. The minimum Gasteiger partial charge on any atom is -0.422 e. The van der Waals surface area contributed by atoms with Crippen LogP contribution >= 0.6 is 11.3 Å². The van der Waals surface area contributed by atoms with Gasteiger partial charge in [-0.3, -0.25) is 19.6 Å². The van der Waals surface area contributed by atoms with Gasteiger partial charge in [-0.1, -0.05) is 6.07 Å². The van der Waals surface area contributed by atoms with Gasteiger partial charge in [-0.25, -0.2) is 10.2 Å². The third-order valence-corrected chi connectivity index (χ3v) is 5.22. The first-order chi connectivity index (χ1) is 14.8. The van der Waals surface area contributed by atoms with Crippen LogP contribution in [-0.4, -0.2) is 32.3 Å². The summed E-state index contributed by atoms with van der Waals surface area (Å²) in [6.45, 7) is 4.56. The number of nitrogens with one attached hydrogen (secondary N) is 1. The number of hydrazone groups is 1. The third kappa shape index (κ3) is 5.20. The number of aryl methyl sites for hydroxylation is 1. The van der Waals surface area contributed by atoms with E-state index >= 15 is 0 Å². The number of esters is 1. The largest absolute Gasteiger partial charge is 0.422 e. The first kappa shape index (κ1) is 21.8. The summed E-state index contributed by atoms with van der Waals surface area (Å²) in [5.41, 5.74) is 4.10. The van der Waals surface area contributed by atoms with Gasteiger partial charge in [0, 0.05) is 0 Å². The van der Waals surface area contributed by atoms with E-state index in [-0.39, 0.29) is 17.9 Å². The van der Waals surface area contributed by atoms with Gasteiger partial charge in [-0.2, -0.15) is 10.2 Å². The van der Waals surface area contributed by atoms with Crippen molar-refractivity contribution in [3.05, 3.63) is 73.7 Å². The first-order valence-corrected chi connectivity index (χ1v) is 10.0. The SMILES string of the molecule is CC(=NNC(=O)Cn1nc(C)c([N+](=O)[O-])c1C)c1ccc(OC(=O)c2cccs2)cc1. The summed E-state index contributed by atoms with van der Waals surface area (Å²) in [6.07, 6.45) is 0. The fourth-order valence-electron chi connectivity index (χ4n) is 2.80. The highest BCUT2D eigenvalue weighted by Crippen LogP contribution is 2.21. The summed E-state index contributed by atoms with van der Waals surface area (Å²) in [7, 11) is 0. The van der Waals surface area contributed by atoms with E-state index in [1.807, 2.05) is 0 Å². The molecule has 1 aromatic carbocycles. The average Bonchev–Trinajstić information content (AvgIpc) is 3.35. The Labute approximate surface area is 181 Å². The van der Waals surface area contributed by atoms with E-state index < -0.39 is 16.8 Å². The molecule has 3 aromatic rings. The fourth-order valence-corrected chi connectivity index (χ4v) is 3.40. The van der Waals surface area contributed by atoms with E-state index in [2.05, 4.69) is 15.6 Å². The summed E-state index contributed by atoms with van der Waals surface area (Å²) < 4.78 is 6.57. The molecular weight excluding hydrogens is 422 g/mol. The summed E-state index contributed by atoms with van der Waals surface area (Å²) in [4.78, 5) is 35.2. The lowest BCUT2D eigenvalue weighted by Crippen LogP contribution is -2.25. The Morgan fingerprint density at radius 3 is 2.55 bits per heavy atom. The Kier molecular flexibility index (Phi) is 6.55. The van der Waals surface area contributed by atoms with Gasteiger partial charge in [0.25, 0.3) is 5.91 Å². The van der Waals surface area contributed by atoms with Gasteiger partial charge in [-0.15, -0.1) is 11.3 Å². The van der Waals surface area contributed by atoms with Gasteiger partial charge < -0.3 is 4.74 Å². The van der Waals surface area contributed by atoms with Gasteiger partial charge in [0.15, 0.2) is 0 Å². The molecule has 160 valence electrons. The number of carbonyl (C=O) groups is 2. The van der Waals surface area contributed by atoms with Crippen molar-refractivity contribution < 1.29 is 19.2 Å². The highest BCUT2D eigenvalue weighted by atomic mass is 32.1. The average molecular weight is 441 g/mol. The third-order valence-electron chi connectivity index (χ3n) is 4.37. The Morgan fingerprint density at radius 1 is 1.26 bits per heavy atom. The zero-order chi connectivity index (χ0) is 22.5. The molecule has 0 atom stereocenters. The van der Waals surface area contributed by atoms with E-state index in [1.54, 1.807) is 48.7 Å². The van der Waals surface area contributed by atoms with Crippen molar-refractivity contribution in [3.63, 3.8) is 0 Å². The number of hydrogen-bond acceptors (Lipinski definition) is 8. The molecule has 11 heteroatoms. The highest BCUT2D eigenvalue weighted by molar-refractivity contribution is 7.12. The molecule has 31 heavy (non-hydrogen) atoms. The summed E-state index contributed by atoms with van der Waals surface area (Å²) in [6, 6.07) is 10.2. The van der Waals surface area contributed by atoms with E-state index in [0.717, 1.165) is 5.56 Å². The van der Waals surface area contributed by atoms with Crippen molar-refractivity contribution in [2.24, 2.45) is 5.10 Å². The molecule has 0 radical (unpaired) electrons. The van der Waals surface area contributed by atoms with E-state index in [1.165, 1.54) is 29.9 Å². The molecule has 10 nitrogen and oxygen atoms in total. The van der Waals surface area contributed by atoms with Crippen LogP contribution in [0.15, 0.2) is 46.9 Å². The van der Waals surface area contributed by atoms with Gasteiger partial charge >= 0.3 is 11.7 Å². The molecule has 2 heterocycles. The van der Waals surface area contributed by atoms with Crippen molar-refractivity contribution in [1.29, 1.82) is 0 Å². The van der Waals surface area contributed by atoms with Crippen molar-refractivity contribution in [2.75, 3.05) is 0 Å². The molecule has 0 aliphatic heterocycles. The number of ether oxygens (including phenoxy) is 1. The minimum atomic E-state index is -0.518. The van der Waals surface area contributed by atoms with Crippen LogP contribution in [0.5, 0.6) is 5.75 Å². The van der Waals surface area contributed by atoms with Crippen LogP contribution in [0.1, 0.15) is 33.5 Å². The van der Waals surface area contributed by atoms with E-state index in [9.17, 15) is 19.7 Å². The van der Waals surface area contributed by atoms with Crippen LogP contribution in [0.25, 0.3) is 0 Å². The molecule has 1 N–H and O–H groups in total. The Balaban J connectivity index is 1.60. The summed E-state index contributed by atoms with van der Waals surface area (Å²) in [5.74, 6) is -0.503. The quantitative estimate of drug-likeness (QED) is 0.197. The van der Waals surface area contributed by atoms with Crippen molar-refractivity contribution in [1.82, 2.24) is 15.2 Å². The lowest BCUT2D eigenvalue weighted by molar-refractivity contribution is -0.386. The number of amides is 1. The molecule has 0 aliphatic carbocycles. The molecule has 3 rings (SSSR count). The maximum Gasteiger partial charge on any atom is 0.353 e. The Morgan fingerprint density at radius 2 is 1.97 bits per heavy atom. The Hall–Kier alpha value is -3.86. The van der Waals surface area contributed by atoms with Gasteiger partial charge in [0.1, 0.15) is 28.6 Å². The second-order valence-corrected chi connectivity index (χ2v) is 7.51. The predicted molar refractivity (Wildman–Crippen MR) is 114 cm³/mol. The number of thiophene rings is 1. The van der Waals surface area contributed by atoms with Crippen LogP contribution in [0, 0.1) is 24.0 Å². The maximum atomic E-state index is 12.2. The molecule has 2 aromatic heterocycles. The monoisotopic (exact) mass is 441 g/mol. The zero-order valence-electron chi connectivity index (χ0n) is 17.0. The van der Waals surface area contributed by atoms with Crippen LogP contribution in [0.2, 0.25) is 0 Å². The van der Waals surface area contributed by atoms with Crippen molar-refractivity contribution in [2.45, 2.75) is 27.3 Å². The number of hydrogen-bond donors (Lipinski definition) is 1. The second kappa shape index (κ2) is 9.30. The van der Waals surface area contributed by atoms with Gasteiger partial charge in [0.05, 0.1) is 10.6 Å². The molecular formula is C20H19N5O5S. The van der Waals surface area contributed by atoms with Crippen LogP contribution < -0.4 is 10.2 Å². The van der Waals surface area contributed by atoms with Crippen LogP contribution in [0.4, 0.5) is 5.69 Å². The standard InChI is InChI=1S/C20H19N5O5S/c1-12(15-6-8-16(9-7-15)30-20(27)17-5-4-10-31-17)21-22-18(26)11-24-14(3)19(25(28)29)13(2)23-24/h4-10H,11H2,1-3H3,(H,22,26). The molecule has 0 saturated heterocycles. The first-order valence-electron chi connectivity index (χ1n) is 9.14. The number of aromatic nitrogens is 2. The highest BCUT2D eigenvalue weighted by Gasteiger charge is 2.22. The Bertz CT molecular complexity index is 1150. The topological polar surface area (TPSA) is 129 Å². The molecule has 0 aliphatic rings. The number of nitrogens with zero attached hydrogens (tertiary/aromatic N) is 4. The molecule has 0 spiro atoms. The number of benzene rings is 1. The number of nitro groups is 1. The molecule has 0 bridgehead atoms. The molecule has 0 unspecified atom stereocenters. The van der Waals surface area contributed by atoms with Crippen LogP contribution in [-0.2, 0) is 11.3 Å². The maximum absolute atomic E-state index is 12.2. The zero-order valence-corrected chi connectivity index (χ0v) is 17.8. The summed E-state index contributed by atoms with van der Waals surface area (Å²) >= 11 is 1.30. The molecule has 0 fully saturated rings. The normalized spacial score (nSPS) is 11.3. The number of carbonyl (C=O) groups excluding carboxylic acids is 2. The van der Waals surface area contributed by atoms with Crippen LogP contribution in [0.3, 0.4) is 0 Å². The predicted octanol–water partition coefficient (Wildman–Crippen LogP) is 3.23. The summed E-state index contributed by atoms with van der Waals surface area (Å²) in [5, 5.41) is 20.9. The van der Waals surface area contributed by atoms with Crippen molar-refractivity contribution in [3.8, 4) is 5.75 Å². The lowest BCUT2D eigenvalue weighted by atomic mass is 10.1. The smallest absolute Gasteiger partial charge is 0.353 e. The fraction of sp³-hybridized carbons (Fsp3) is 0.200. The van der Waals surface area contributed by atoms with E-state index in [4.69, 9.17) is 4.74 Å². The molecule has 0 saturated carbocycles. The van der Waals surface area contributed by atoms with E-state index in [0.29, 0.717) is 22.0 Å². The van der Waals surface area contributed by atoms with Gasteiger partial charge in [-0.05, 0) is 62.0 Å². The number of rotatable bonds is 7. The van der Waals surface area contributed by atoms with Gasteiger partial charge in [0.2, 0.25) is 0 Å².